The van der Waals surface area contributed by atoms with E-state index in [9.17, 15) is 4.79 Å². The molecule has 0 aliphatic carbocycles. The van der Waals surface area contributed by atoms with Gasteiger partial charge in [0.2, 0.25) is 0 Å². The Labute approximate surface area is 143 Å². The van der Waals surface area contributed by atoms with E-state index in [2.05, 4.69) is 28.2 Å². The molecular weight excluding hydrogens is 298 g/mol. The SMILES string of the molecule is Cc1ccc(NC(=O)c2ccc(N3CCCC(C)C3)cn2)c(C)c1. The maximum absolute atomic E-state index is 12.4. The summed E-state index contributed by atoms with van der Waals surface area (Å²) in [6.45, 7) is 8.46. The van der Waals surface area contributed by atoms with Crippen LogP contribution < -0.4 is 10.2 Å². The summed E-state index contributed by atoms with van der Waals surface area (Å²) in [5.74, 6) is 0.548. The highest BCUT2D eigenvalue weighted by Crippen LogP contribution is 2.22. The molecule has 4 nitrogen and oxygen atoms in total. The van der Waals surface area contributed by atoms with Gasteiger partial charge >= 0.3 is 0 Å². The molecule has 1 aliphatic heterocycles. The van der Waals surface area contributed by atoms with Crippen molar-refractivity contribution >= 4 is 17.3 Å². The number of aryl methyl sites for hydroxylation is 2. The predicted octanol–water partition coefficient (Wildman–Crippen LogP) is 4.19. The van der Waals surface area contributed by atoms with Crippen LogP contribution in [0.1, 0.15) is 41.4 Å². The number of aromatic nitrogens is 1. The van der Waals surface area contributed by atoms with Crippen LogP contribution in [0.25, 0.3) is 0 Å². The predicted molar refractivity (Wildman–Crippen MR) is 98.7 cm³/mol. The number of nitrogens with zero attached hydrogens (tertiary/aromatic N) is 2. The highest BCUT2D eigenvalue weighted by Gasteiger charge is 2.17. The molecule has 1 aromatic heterocycles. The number of carbonyl (C=O) groups excluding carboxylic acids is 1. The number of anilines is 2. The quantitative estimate of drug-likeness (QED) is 0.921. The number of hydrogen-bond acceptors (Lipinski definition) is 3. The summed E-state index contributed by atoms with van der Waals surface area (Å²) in [5.41, 5.74) is 4.63. The van der Waals surface area contributed by atoms with Gasteiger partial charge in [-0.1, -0.05) is 24.6 Å². The molecule has 2 aromatic rings. The van der Waals surface area contributed by atoms with Gasteiger partial charge in [-0.25, -0.2) is 4.98 Å². The fourth-order valence-corrected chi connectivity index (χ4v) is 3.27. The van der Waals surface area contributed by atoms with Crippen LogP contribution in [0.3, 0.4) is 0 Å². The molecule has 0 saturated carbocycles. The van der Waals surface area contributed by atoms with Crippen LogP contribution in [0.5, 0.6) is 0 Å². The molecule has 1 unspecified atom stereocenters. The van der Waals surface area contributed by atoms with Crippen LogP contribution >= 0.6 is 0 Å². The van der Waals surface area contributed by atoms with Crippen molar-refractivity contribution in [2.45, 2.75) is 33.6 Å². The van der Waals surface area contributed by atoms with E-state index in [1.54, 1.807) is 0 Å². The van der Waals surface area contributed by atoms with E-state index in [0.717, 1.165) is 30.0 Å². The van der Waals surface area contributed by atoms with Gasteiger partial charge in [-0.2, -0.15) is 0 Å². The summed E-state index contributed by atoms with van der Waals surface area (Å²) < 4.78 is 0. The molecule has 1 saturated heterocycles. The Morgan fingerprint density at radius 3 is 2.75 bits per heavy atom. The summed E-state index contributed by atoms with van der Waals surface area (Å²) in [6.07, 6.45) is 4.32. The van der Waals surface area contributed by atoms with Crippen molar-refractivity contribution < 1.29 is 4.79 Å². The Morgan fingerprint density at radius 2 is 2.08 bits per heavy atom. The Kier molecular flexibility index (Phi) is 4.84. The summed E-state index contributed by atoms with van der Waals surface area (Å²) in [6, 6.07) is 9.81. The number of amides is 1. The van der Waals surface area contributed by atoms with Crippen molar-refractivity contribution in [3.63, 3.8) is 0 Å². The molecular formula is C20H25N3O. The van der Waals surface area contributed by atoms with Gasteiger partial charge in [0.05, 0.1) is 11.9 Å². The lowest BCUT2D eigenvalue weighted by Crippen LogP contribution is -2.34. The molecule has 1 aliphatic rings. The van der Waals surface area contributed by atoms with Crippen molar-refractivity contribution in [3.05, 3.63) is 53.3 Å². The summed E-state index contributed by atoms with van der Waals surface area (Å²) in [4.78, 5) is 19.1. The first-order valence-electron chi connectivity index (χ1n) is 8.62. The lowest BCUT2D eigenvalue weighted by atomic mass is 10.00. The third-order valence-electron chi connectivity index (χ3n) is 4.63. The first-order valence-corrected chi connectivity index (χ1v) is 8.62. The van der Waals surface area contributed by atoms with Gasteiger partial charge in [-0.3, -0.25) is 4.79 Å². The monoisotopic (exact) mass is 323 g/mol. The highest BCUT2D eigenvalue weighted by atomic mass is 16.1. The molecule has 1 aromatic carbocycles. The maximum Gasteiger partial charge on any atom is 0.274 e. The zero-order valence-electron chi connectivity index (χ0n) is 14.7. The first-order chi connectivity index (χ1) is 11.5. The van der Waals surface area contributed by atoms with Crippen LogP contribution in [0.4, 0.5) is 11.4 Å². The van der Waals surface area contributed by atoms with Crippen molar-refractivity contribution in [3.8, 4) is 0 Å². The molecule has 0 radical (unpaired) electrons. The van der Waals surface area contributed by atoms with Crippen molar-refractivity contribution in [2.75, 3.05) is 23.3 Å². The minimum atomic E-state index is -0.166. The van der Waals surface area contributed by atoms with Gasteiger partial charge < -0.3 is 10.2 Å². The van der Waals surface area contributed by atoms with Gasteiger partial charge in [0.1, 0.15) is 5.69 Å². The highest BCUT2D eigenvalue weighted by molar-refractivity contribution is 6.03. The minimum absolute atomic E-state index is 0.166. The van der Waals surface area contributed by atoms with Gasteiger partial charge in [-0.05, 0) is 56.4 Å². The van der Waals surface area contributed by atoms with E-state index in [1.807, 2.05) is 44.3 Å². The average molecular weight is 323 g/mol. The molecule has 126 valence electrons. The van der Waals surface area contributed by atoms with Gasteiger partial charge in [0.25, 0.3) is 5.91 Å². The van der Waals surface area contributed by atoms with Crippen LogP contribution in [-0.2, 0) is 0 Å². The zero-order chi connectivity index (χ0) is 17.1. The van der Waals surface area contributed by atoms with E-state index in [1.165, 1.54) is 18.4 Å². The Balaban J connectivity index is 1.69. The molecule has 0 bridgehead atoms. The lowest BCUT2D eigenvalue weighted by Gasteiger charge is -2.32. The summed E-state index contributed by atoms with van der Waals surface area (Å²) in [5, 5.41) is 2.94. The largest absolute Gasteiger partial charge is 0.370 e. The second-order valence-corrected chi connectivity index (χ2v) is 6.87. The molecule has 0 spiro atoms. The van der Waals surface area contributed by atoms with Crippen LogP contribution in [0.2, 0.25) is 0 Å². The van der Waals surface area contributed by atoms with Crippen LogP contribution in [-0.4, -0.2) is 24.0 Å². The van der Waals surface area contributed by atoms with Gasteiger partial charge in [0.15, 0.2) is 0 Å². The minimum Gasteiger partial charge on any atom is -0.370 e. The fourth-order valence-electron chi connectivity index (χ4n) is 3.27. The molecule has 1 fully saturated rings. The average Bonchev–Trinajstić information content (AvgIpc) is 2.57. The topological polar surface area (TPSA) is 45.2 Å². The van der Waals surface area contributed by atoms with Crippen molar-refractivity contribution in [1.82, 2.24) is 4.98 Å². The van der Waals surface area contributed by atoms with Crippen molar-refractivity contribution in [1.29, 1.82) is 0 Å². The molecule has 1 amide bonds. The number of benzene rings is 1. The zero-order valence-corrected chi connectivity index (χ0v) is 14.7. The Morgan fingerprint density at radius 1 is 1.25 bits per heavy atom. The summed E-state index contributed by atoms with van der Waals surface area (Å²) >= 11 is 0. The number of piperidine rings is 1. The molecule has 1 N–H and O–H groups in total. The van der Waals surface area contributed by atoms with E-state index >= 15 is 0 Å². The van der Waals surface area contributed by atoms with Crippen LogP contribution in [0, 0.1) is 19.8 Å². The summed E-state index contributed by atoms with van der Waals surface area (Å²) in [7, 11) is 0. The smallest absolute Gasteiger partial charge is 0.274 e. The third kappa shape index (κ3) is 3.75. The van der Waals surface area contributed by atoms with Gasteiger partial charge in [0, 0.05) is 18.8 Å². The fraction of sp³-hybridized carbons (Fsp3) is 0.400. The first kappa shape index (κ1) is 16.5. The molecule has 24 heavy (non-hydrogen) atoms. The second-order valence-electron chi connectivity index (χ2n) is 6.87. The van der Waals surface area contributed by atoms with Crippen molar-refractivity contribution in [2.24, 2.45) is 5.92 Å². The normalized spacial score (nSPS) is 17.6. The number of hydrogen-bond donors (Lipinski definition) is 1. The number of carbonyl (C=O) groups is 1. The van der Waals surface area contributed by atoms with Gasteiger partial charge in [-0.15, -0.1) is 0 Å². The Hall–Kier alpha value is -2.36. The lowest BCUT2D eigenvalue weighted by molar-refractivity contribution is 0.102. The second kappa shape index (κ2) is 7.04. The van der Waals surface area contributed by atoms with E-state index in [4.69, 9.17) is 0 Å². The third-order valence-corrected chi connectivity index (χ3v) is 4.63. The molecule has 3 rings (SSSR count). The van der Waals surface area contributed by atoms with E-state index < -0.39 is 0 Å². The number of nitrogens with one attached hydrogen (secondary N) is 1. The standard InChI is InChI=1S/C20H25N3O/c1-14-6-8-18(16(3)11-14)22-20(24)19-9-7-17(12-21-19)23-10-4-5-15(2)13-23/h6-9,11-12,15H,4-5,10,13H2,1-3H3,(H,22,24). The number of pyridine rings is 1. The van der Waals surface area contributed by atoms with E-state index in [0.29, 0.717) is 11.6 Å². The maximum atomic E-state index is 12.4. The number of rotatable bonds is 3. The molecule has 4 heteroatoms. The Bertz CT molecular complexity index is 724. The van der Waals surface area contributed by atoms with Crippen LogP contribution in [0.15, 0.2) is 36.5 Å². The van der Waals surface area contributed by atoms with E-state index in [-0.39, 0.29) is 5.91 Å². The molecule has 1 atom stereocenters. The molecule has 2 heterocycles.